The van der Waals surface area contributed by atoms with Crippen LogP contribution in [0.15, 0.2) is 48.5 Å². The molecule has 3 N–H and O–H groups in total. The van der Waals surface area contributed by atoms with Gasteiger partial charge in [-0.05, 0) is 30.3 Å². The van der Waals surface area contributed by atoms with Crippen molar-refractivity contribution in [3.8, 4) is 22.1 Å². The highest BCUT2D eigenvalue weighted by molar-refractivity contribution is 7.18. The lowest BCUT2D eigenvalue weighted by Crippen LogP contribution is -2.11. The standard InChI is InChI=1S/C15H11N3O3S/c19-11-7-6-10(8-12(11)20)14-17-18-15(22-14)16-13(21)9-4-2-1-3-5-9/h1-8,19-20H,(H,16,18,21). The molecule has 0 unspecified atom stereocenters. The van der Waals surface area contributed by atoms with Gasteiger partial charge in [-0.2, -0.15) is 0 Å². The highest BCUT2D eigenvalue weighted by atomic mass is 32.1. The van der Waals surface area contributed by atoms with Crippen LogP contribution in [0.3, 0.4) is 0 Å². The molecule has 0 saturated heterocycles. The molecule has 22 heavy (non-hydrogen) atoms. The lowest BCUT2D eigenvalue weighted by atomic mass is 10.2. The number of hydrogen-bond donors (Lipinski definition) is 3. The molecule has 3 aromatic rings. The summed E-state index contributed by atoms with van der Waals surface area (Å²) in [7, 11) is 0. The molecular weight excluding hydrogens is 302 g/mol. The molecule has 6 nitrogen and oxygen atoms in total. The van der Waals surface area contributed by atoms with E-state index in [9.17, 15) is 15.0 Å². The Balaban J connectivity index is 1.79. The number of aromatic nitrogens is 2. The third-order valence-corrected chi connectivity index (χ3v) is 3.79. The summed E-state index contributed by atoms with van der Waals surface area (Å²) >= 11 is 1.18. The average molecular weight is 313 g/mol. The first-order chi connectivity index (χ1) is 10.6. The number of benzene rings is 2. The molecule has 1 heterocycles. The second-order valence-electron chi connectivity index (χ2n) is 4.44. The molecule has 0 aliphatic heterocycles. The van der Waals surface area contributed by atoms with Crippen molar-refractivity contribution in [3.63, 3.8) is 0 Å². The van der Waals surface area contributed by atoms with E-state index in [0.29, 0.717) is 21.3 Å². The molecule has 0 saturated carbocycles. The van der Waals surface area contributed by atoms with Crippen LogP contribution in [0, 0.1) is 0 Å². The molecule has 2 aromatic carbocycles. The molecular formula is C15H11N3O3S. The molecule has 0 aliphatic rings. The molecule has 3 rings (SSSR count). The molecule has 0 bridgehead atoms. The van der Waals surface area contributed by atoms with Crippen LogP contribution in [0.4, 0.5) is 5.13 Å². The lowest BCUT2D eigenvalue weighted by Gasteiger charge is -2.00. The molecule has 0 radical (unpaired) electrons. The van der Waals surface area contributed by atoms with Crippen molar-refractivity contribution in [1.29, 1.82) is 0 Å². The maximum Gasteiger partial charge on any atom is 0.257 e. The van der Waals surface area contributed by atoms with E-state index in [1.165, 1.54) is 23.5 Å². The summed E-state index contributed by atoms with van der Waals surface area (Å²) in [4.78, 5) is 12.0. The van der Waals surface area contributed by atoms with Crippen LogP contribution in [-0.2, 0) is 0 Å². The van der Waals surface area contributed by atoms with Crippen molar-refractivity contribution in [1.82, 2.24) is 10.2 Å². The predicted molar refractivity (Wildman–Crippen MR) is 83.1 cm³/mol. The Bertz CT molecular complexity index is 818. The van der Waals surface area contributed by atoms with Crippen LogP contribution in [-0.4, -0.2) is 26.3 Å². The summed E-state index contributed by atoms with van der Waals surface area (Å²) in [6.07, 6.45) is 0. The van der Waals surface area contributed by atoms with Crippen molar-refractivity contribution in [2.75, 3.05) is 5.32 Å². The van der Waals surface area contributed by atoms with E-state index in [4.69, 9.17) is 0 Å². The third-order valence-electron chi connectivity index (χ3n) is 2.90. The Morgan fingerprint density at radius 3 is 2.50 bits per heavy atom. The second kappa shape index (κ2) is 5.82. The van der Waals surface area contributed by atoms with E-state index < -0.39 is 0 Å². The number of anilines is 1. The van der Waals surface area contributed by atoms with Crippen molar-refractivity contribution in [3.05, 3.63) is 54.1 Å². The van der Waals surface area contributed by atoms with Crippen molar-refractivity contribution >= 4 is 22.4 Å². The topological polar surface area (TPSA) is 95.3 Å². The van der Waals surface area contributed by atoms with Gasteiger partial charge in [-0.3, -0.25) is 10.1 Å². The van der Waals surface area contributed by atoms with E-state index in [1.54, 1.807) is 30.3 Å². The Hall–Kier alpha value is -2.93. The summed E-state index contributed by atoms with van der Waals surface area (Å²) in [6, 6.07) is 13.2. The number of phenolic OH excluding ortho intramolecular Hbond substituents is 2. The Labute approximate surface area is 129 Å². The Kier molecular flexibility index (Phi) is 3.71. The van der Waals surface area contributed by atoms with Crippen LogP contribution >= 0.6 is 11.3 Å². The zero-order valence-electron chi connectivity index (χ0n) is 11.2. The fourth-order valence-corrected chi connectivity index (χ4v) is 2.54. The minimum Gasteiger partial charge on any atom is -0.504 e. The highest BCUT2D eigenvalue weighted by Crippen LogP contribution is 2.33. The largest absolute Gasteiger partial charge is 0.504 e. The first-order valence-corrected chi connectivity index (χ1v) is 7.17. The van der Waals surface area contributed by atoms with Gasteiger partial charge in [0.05, 0.1) is 0 Å². The van der Waals surface area contributed by atoms with Crippen LogP contribution in [0.5, 0.6) is 11.5 Å². The van der Waals surface area contributed by atoms with E-state index in [1.807, 2.05) is 6.07 Å². The highest BCUT2D eigenvalue weighted by Gasteiger charge is 2.12. The molecule has 1 amide bonds. The van der Waals surface area contributed by atoms with Gasteiger partial charge in [0.1, 0.15) is 5.01 Å². The molecule has 1 aromatic heterocycles. The summed E-state index contributed by atoms with van der Waals surface area (Å²) in [5.41, 5.74) is 1.13. The van der Waals surface area contributed by atoms with Crippen molar-refractivity contribution in [2.45, 2.75) is 0 Å². The van der Waals surface area contributed by atoms with Crippen LogP contribution in [0.25, 0.3) is 10.6 Å². The average Bonchev–Trinajstić information content (AvgIpc) is 2.99. The maximum absolute atomic E-state index is 12.0. The number of carbonyl (C=O) groups excluding carboxylic acids is 1. The SMILES string of the molecule is O=C(Nc1nnc(-c2ccc(O)c(O)c2)s1)c1ccccc1. The van der Waals surface area contributed by atoms with Gasteiger partial charge in [0.2, 0.25) is 5.13 Å². The van der Waals surface area contributed by atoms with Crippen molar-refractivity contribution in [2.24, 2.45) is 0 Å². The maximum atomic E-state index is 12.0. The number of rotatable bonds is 3. The van der Waals surface area contributed by atoms with E-state index in [2.05, 4.69) is 15.5 Å². The van der Waals surface area contributed by atoms with E-state index >= 15 is 0 Å². The smallest absolute Gasteiger partial charge is 0.257 e. The van der Waals surface area contributed by atoms with Crippen molar-refractivity contribution < 1.29 is 15.0 Å². The number of carbonyl (C=O) groups is 1. The summed E-state index contributed by atoms with van der Waals surface area (Å²) in [6.45, 7) is 0. The summed E-state index contributed by atoms with van der Waals surface area (Å²) in [5, 5.41) is 30.2. The molecule has 0 atom stereocenters. The van der Waals surface area contributed by atoms with Crippen LogP contribution < -0.4 is 5.32 Å². The molecule has 0 fully saturated rings. The predicted octanol–water partition coefficient (Wildman–Crippen LogP) is 2.87. The van der Waals surface area contributed by atoms with Gasteiger partial charge >= 0.3 is 0 Å². The quantitative estimate of drug-likeness (QED) is 0.646. The number of hydrogen-bond acceptors (Lipinski definition) is 6. The lowest BCUT2D eigenvalue weighted by molar-refractivity contribution is 0.102. The molecule has 0 aliphatic carbocycles. The van der Waals surface area contributed by atoms with Gasteiger partial charge in [-0.15, -0.1) is 10.2 Å². The number of aromatic hydroxyl groups is 2. The molecule has 7 heteroatoms. The Morgan fingerprint density at radius 2 is 1.77 bits per heavy atom. The first kappa shape index (κ1) is 14.0. The molecule has 0 spiro atoms. The monoisotopic (exact) mass is 313 g/mol. The van der Waals surface area contributed by atoms with Crippen LogP contribution in [0.2, 0.25) is 0 Å². The van der Waals surface area contributed by atoms with Gasteiger partial charge in [0.15, 0.2) is 11.5 Å². The number of nitrogens with zero attached hydrogens (tertiary/aromatic N) is 2. The third kappa shape index (κ3) is 2.89. The Morgan fingerprint density at radius 1 is 1.00 bits per heavy atom. The summed E-state index contributed by atoms with van der Waals surface area (Å²) in [5.74, 6) is -0.703. The zero-order valence-corrected chi connectivity index (χ0v) is 12.0. The van der Waals surface area contributed by atoms with Crippen LogP contribution in [0.1, 0.15) is 10.4 Å². The second-order valence-corrected chi connectivity index (χ2v) is 5.41. The minimum atomic E-state index is -0.267. The number of phenols is 2. The fraction of sp³-hybridized carbons (Fsp3) is 0. The van der Waals surface area contributed by atoms with Gasteiger partial charge in [0, 0.05) is 11.1 Å². The van der Waals surface area contributed by atoms with Gasteiger partial charge < -0.3 is 10.2 Å². The fourth-order valence-electron chi connectivity index (χ4n) is 1.81. The van der Waals surface area contributed by atoms with Gasteiger partial charge in [0.25, 0.3) is 5.91 Å². The van der Waals surface area contributed by atoms with Gasteiger partial charge in [-0.1, -0.05) is 29.5 Å². The van der Waals surface area contributed by atoms with E-state index in [-0.39, 0.29) is 17.4 Å². The number of amides is 1. The van der Waals surface area contributed by atoms with Gasteiger partial charge in [-0.25, -0.2) is 0 Å². The number of nitrogens with one attached hydrogen (secondary N) is 1. The summed E-state index contributed by atoms with van der Waals surface area (Å²) < 4.78 is 0. The first-order valence-electron chi connectivity index (χ1n) is 6.36. The normalized spacial score (nSPS) is 10.4. The zero-order chi connectivity index (χ0) is 15.5. The molecule has 110 valence electrons. The minimum absolute atomic E-state index is 0.203. The van der Waals surface area contributed by atoms with E-state index in [0.717, 1.165) is 0 Å².